The molecule has 2 amide bonds. The Morgan fingerprint density at radius 1 is 1.13 bits per heavy atom. The van der Waals surface area contributed by atoms with Crippen LogP contribution in [0.5, 0.6) is 0 Å². The number of nitrogens with one attached hydrogen (secondary N) is 2. The van der Waals surface area contributed by atoms with Gasteiger partial charge in [0.25, 0.3) is 0 Å². The number of nitrogens with zero attached hydrogens (tertiary/aromatic N) is 1. The summed E-state index contributed by atoms with van der Waals surface area (Å²) in [7, 11) is -1.95. The van der Waals surface area contributed by atoms with E-state index in [9.17, 15) is 13.2 Å². The van der Waals surface area contributed by atoms with Gasteiger partial charge in [-0.05, 0) is 43.7 Å². The number of sulfonamides is 1. The minimum Gasteiger partial charge on any atom is -0.459 e. The number of amides is 2. The number of urea groups is 1. The summed E-state index contributed by atoms with van der Waals surface area (Å²) < 4.78 is 33.2. The second-order valence-electron chi connectivity index (χ2n) is 7.18. The Bertz CT molecular complexity index is 1090. The van der Waals surface area contributed by atoms with E-state index < -0.39 is 10.0 Å². The summed E-state index contributed by atoms with van der Waals surface area (Å²) in [5, 5.41) is 3.73. The molecular formula is C22H27N3O4S. The summed E-state index contributed by atoms with van der Waals surface area (Å²) >= 11 is 0. The number of hydrogen-bond donors (Lipinski definition) is 2. The van der Waals surface area contributed by atoms with E-state index in [2.05, 4.69) is 10.0 Å². The number of fused-ring (bicyclic) bond motifs is 1. The SMILES string of the molecule is CCCCNS(=O)(=O)c1cccc(NC(=O)N(C)[C@H](C)c2cc3ccccc3o2)c1. The molecule has 1 atom stereocenters. The van der Waals surface area contributed by atoms with E-state index in [4.69, 9.17) is 4.42 Å². The lowest BCUT2D eigenvalue weighted by Crippen LogP contribution is -2.33. The van der Waals surface area contributed by atoms with Crippen molar-refractivity contribution in [2.45, 2.75) is 37.6 Å². The van der Waals surface area contributed by atoms with Crippen molar-refractivity contribution in [2.75, 3.05) is 18.9 Å². The lowest BCUT2D eigenvalue weighted by atomic mass is 10.2. The standard InChI is InChI=1S/C22H27N3O4S/c1-4-5-13-23-30(27,28)19-11-8-10-18(15-19)24-22(26)25(3)16(2)21-14-17-9-6-7-12-20(17)29-21/h6-12,14-16,23H,4-5,13H2,1-3H3,(H,24,26)/t16-/m1/s1. The van der Waals surface area contributed by atoms with E-state index in [1.165, 1.54) is 17.0 Å². The third-order valence-electron chi connectivity index (χ3n) is 4.98. The largest absolute Gasteiger partial charge is 0.459 e. The molecule has 1 aromatic heterocycles. The fourth-order valence-electron chi connectivity index (χ4n) is 2.99. The van der Waals surface area contributed by atoms with Gasteiger partial charge < -0.3 is 14.6 Å². The molecule has 0 radical (unpaired) electrons. The summed E-state index contributed by atoms with van der Waals surface area (Å²) in [6, 6.07) is 15.1. The van der Waals surface area contributed by atoms with Gasteiger partial charge in [0.1, 0.15) is 11.3 Å². The van der Waals surface area contributed by atoms with Crippen LogP contribution in [0.2, 0.25) is 0 Å². The summed E-state index contributed by atoms with van der Waals surface area (Å²) in [5.41, 5.74) is 1.17. The normalized spacial score (nSPS) is 12.6. The van der Waals surface area contributed by atoms with Crippen LogP contribution in [0.4, 0.5) is 10.5 Å². The number of unbranched alkanes of at least 4 members (excludes halogenated alkanes) is 1. The van der Waals surface area contributed by atoms with Gasteiger partial charge in [0, 0.05) is 24.7 Å². The van der Waals surface area contributed by atoms with Crippen LogP contribution in [-0.4, -0.2) is 32.9 Å². The van der Waals surface area contributed by atoms with E-state index in [1.807, 2.05) is 44.2 Å². The van der Waals surface area contributed by atoms with Crippen molar-refractivity contribution < 1.29 is 17.6 Å². The van der Waals surface area contributed by atoms with Crippen molar-refractivity contribution in [1.82, 2.24) is 9.62 Å². The number of carbonyl (C=O) groups excluding carboxylic acids is 1. The molecule has 30 heavy (non-hydrogen) atoms. The van der Waals surface area contributed by atoms with E-state index in [-0.39, 0.29) is 17.0 Å². The summed E-state index contributed by atoms with van der Waals surface area (Å²) in [6.07, 6.45) is 1.66. The first-order valence-electron chi connectivity index (χ1n) is 9.94. The monoisotopic (exact) mass is 429 g/mol. The van der Waals surface area contributed by atoms with Gasteiger partial charge in [0.05, 0.1) is 10.9 Å². The quantitative estimate of drug-likeness (QED) is 0.506. The molecule has 0 aliphatic carbocycles. The molecule has 0 aliphatic rings. The van der Waals surface area contributed by atoms with Gasteiger partial charge in [0.2, 0.25) is 10.0 Å². The maximum absolute atomic E-state index is 12.7. The van der Waals surface area contributed by atoms with Crippen molar-refractivity contribution in [3.8, 4) is 0 Å². The van der Waals surface area contributed by atoms with Crippen LogP contribution in [0.1, 0.15) is 38.5 Å². The molecule has 1 heterocycles. The number of benzene rings is 2. The maximum Gasteiger partial charge on any atom is 0.322 e. The Labute approximate surface area is 177 Å². The third kappa shape index (κ3) is 5.01. The van der Waals surface area contributed by atoms with Crippen LogP contribution >= 0.6 is 0 Å². The molecule has 3 rings (SSSR count). The van der Waals surface area contributed by atoms with Gasteiger partial charge in [-0.3, -0.25) is 0 Å². The predicted octanol–water partition coefficient (Wildman–Crippen LogP) is 4.74. The van der Waals surface area contributed by atoms with Gasteiger partial charge in [0.15, 0.2) is 0 Å². The third-order valence-corrected chi connectivity index (χ3v) is 6.43. The van der Waals surface area contributed by atoms with Crippen molar-refractivity contribution in [3.05, 3.63) is 60.4 Å². The molecule has 0 saturated heterocycles. The highest BCUT2D eigenvalue weighted by atomic mass is 32.2. The molecule has 0 fully saturated rings. The number of rotatable bonds is 8. The molecule has 7 nitrogen and oxygen atoms in total. The number of hydrogen-bond acceptors (Lipinski definition) is 4. The van der Waals surface area contributed by atoms with Gasteiger partial charge in [-0.25, -0.2) is 17.9 Å². The van der Waals surface area contributed by atoms with Crippen LogP contribution in [-0.2, 0) is 10.0 Å². The molecule has 0 bridgehead atoms. The molecule has 160 valence electrons. The van der Waals surface area contributed by atoms with Gasteiger partial charge >= 0.3 is 6.03 Å². The Morgan fingerprint density at radius 3 is 2.63 bits per heavy atom. The molecule has 2 N–H and O–H groups in total. The highest BCUT2D eigenvalue weighted by Crippen LogP contribution is 2.27. The molecule has 2 aromatic carbocycles. The predicted molar refractivity (Wildman–Crippen MR) is 118 cm³/mol. The molecule has 0 saturated carbocycles. The average Bonchev–Trinajstić information content (AvgIpc) is 3.17. The van der Waals surface area contributed by atoms with Crippen molar-refractivity contribution in [2.24, 2.45) is 0 Å². The van der Waals surface area contributed by atoms with Crippen molar-refractivity contribution in [3.63, 3.8) is 0 Å². The zero-order valence-electron chi connectivity index (χ0n) is 17.4. The Balaban J connectivity index is 1.70. The summed E-state index contributed by atoms with van der Waals surface area (Å²) in [6.45, 7) is 4.25. The molecular weight excluding hydrogens is 402 g/mol. The van der Waals surface area contributed by atoms with E-state index in [1.54, 1.807) is 19.2 Å². The smallest absolute Gasteiger partial charge is 0.322 e. The zero-order chi connectivity index (χ0) is 21.7. The highest BCUT2D eigenvalue weighted by molar-refractivity contribution is 7.89. The van der Waals surface area contributed by atoms with Crippen LogP contribution < -0.4 is 10.0 Å². The molecule has 0 aliphatic heterocycles. The van der Waals surface area contributed by atoms with Gasteiger partial charge in [-0.15, -0.1) is 0 Å². The van der Waals surface area contributed by atoms with Crippen LogP contribution in [0, 0.1) is 0 Å². The fraction of sp³-hybridized carbons (Fsp3) is 0.318. The minimum atomic E-state index is -3.62. The first-order chi connectivity index (χ1) is 14.3. The first-order valence-corrected chi connectivity index (χ1v) is 11.4. The second-order valence-corrected chi connectivity index (χ2v) is 8.95. The van der Waals surface area contributed by atoms with Gasteiger partial charge in [-0.1, -0.05) is 37.6 Å². The van der Waals surface area contributed by atoms with E-state index in [0.29, 0.717) is 18.0 Å². The van der Waals surface area contributed by atoms with Crippen LogP contribution in [0.15, 0.2) is 63.9 Å². The van der Waals surface area contributed by atoms with Gasteiger partial charge in [-0.2, -0.15) is 0 Å². The van der Waals surface area contributed by atoms with Crippen molar-refractivity contribution >= 4 is 32.7 Å². The van der Waals surface area contributed by atoms with Crippen LogP contribution in [0.3, 0.4) is 0 Å². The molecule has 0 spiro atoms. The molecule has 3 aromatic rings. The minimum absolute atomic E-state index is 0.115. The first kappa shape index (κ1) is 21.9. The number of furan rings is 1. The number of carbonyl (C=O) groups is 1. The number of para-hydroxylation sites is 1. The summed E-state index contributed by atoms with van der Waals surface area (Å²) in [4.78, 5) is 14.3. The van der Waals surface area contributed by atoms with Crippen LogP contribution in [0.25, 0.3) is 11.0 Å². The topological polar surface area (TPSA) is 91.7 Å². The Hall–Kier alpha value is -2.84. The van der Waals surface area contributed by atoms with E-state index >= 15 is 0 Å². The number of anilines is 1. The molecule has 0 unspecified atom stereocenters. The maximum atomic E-state index is 12.7. The second kappa shape index (κ2) is 9.32. The van der Waals surface area contributed by atoms with Crippen molar-refractivity contribution in [1.29, 1.82) is 0 Å². The highest BCUT2D eigenvalue weighted by Gasteiger charge is 2.21. The lowest BCUT2D eigenvalue weighted by molar-refractivity contribution is 0.201. The fourth-order valence-corrected chi connectivity index (χ4v) is 4.11. The Kier molecular flexibility index (Phi) is 6.79. The van der Waals surface area contributed by atoms with E-state index in [0.717, 1.165) is 23.8 Å². The average molecular weight is 430 g/mol. The Morgan fingerprint density at radius 2 is 1.90 bits per heavy atom. The summed E-state index contributed by atoms with van der Waals surface area (Å²) in [5.74, 6) is 0.672. The molecule has 8 heteroatoms. The lowest BCUT2D eigenvalue weighted by Gasteiger charge is -2.23. The zero-order valence-corrected chi connectivity index (χ0v) is 18.2.